The SMILES string of the molecule is [CH2]CC(CC)(c1cccnc1)C(C)(C)C. The van der Waals surface area contributed by atoms with Gasteiger partial charge in [-0.1, -0.05) is 40.7 Å². The largest absolute Gasteiger partial charge is 0.264 e. The zero-order valence-electron chi connectivity index (χ0n) is 10.4. The minimum Gasteiger partial charge on any atom is -0.264 e. The average Bonchev–Trinajstić information content (AvgIpc) is 2.20. The number of nitrogens with zero attached hydrogens (tertiary/aromatic N) is 1. The van der Waals surface area contributed by atoms with Crippen LogP contribution in [-0.2, 0) is 5.41 Å². The molecule has 1 radical (unpaired) electrons. The zero-order valence-corrected chi connectivity index (χ0v) is 10.4. The topological polar surface area (TPSA) is 12.9 Å². The predicted molar refractivity (Wildman–Crippen MR) is 65.6 cm³/mol. The van der Waals surface area contributed by atoms with Gasteiger partial charge in [-0.3, -0.25) is 4.98 Å². The van der Waals surface area contributed by atoms with Crippen molar-refractivity contribution in [1.82, 2.24) is 4.98 Å². The molecule has 1 rings (SSSR count). The van der Waals surface area contributed by atoms with E-state index in [1.54, 1.807) is 0 Å². The number of aromatic nitrogens is 1. The van der Waals surface area contributed by atoms with E-state index in [1.165, 1.54) is 5.56 Å². The Morgan fingerprint density at radius 2 is 2.00 bits per heavy atom. The summed E-state index contributed by atoms with van der Waals surface area (Å²) in [6.45, 7) is 13.2. The minimum atomic E-state index is 0.140. The van der Waals surface area contributed by atoms with Gasteiger partial charge in [0.1, 0.15) is 0 Å². The molecule has 0 saturated heterocycles. The van der Waals surface area contributed by atoms with E-state index in [-0.39, 0.29) is 10.8 Å². The third kappa shape index (κ3) is 2.06. The van der Waals surface area contributed by atoms with E-state index in [2.05, 4.69) is 45.7 Å². The maximum Gasteiger partial charge on any atom is 0.0305 e. The van der Waals surface area contributed by atoms with Crippen LogP contribution in [-0.4, -0.2) is 4.98 Å². The van der Waals surface area contributed by atoms with Gasteiger partial charge >= 0.3 is 0 Å². The van der Waals surface area contributed by atoms with Crippen molar-refractivity contribution in [3.63, 3.8) is 0 Å². The summed E-state index contributed by atoms with van der Waals surface area (Å²) in [5, 5.41) is 0. The first-order valence-electron chi connectivity index (χ1n) is 5.67. The average molecular weight is 204 g/mol. The molecular formula is C14H22N. The fourth-order valence-corrected chi connectivity index (χ4v) is 2.51. The highest BCUT2D eigenvalue weighted by molar-refractivity contribution is 5.25. The van der Waals surface area contributed by atoms with Gasteiger partial charge in [0.2, 0.25) is 0 Å². The number of hydrogen-bond acceptors (Lipinski definition) is 1. The Balaban J connectivity index is 3.24. The summed E-state index contributed by atoms with van der Waals surface area (Å²) in [5.41, 5.74) is 1.67. The van der Waals surface area contributed by atoms with Gasteiger partial charge in [-0.15, -0.1) is 0 Å². The number of rotatable bonds is 3. The lowest BCUT2D eigenvalue weighted by atomic mass is 9.60. The van der Waals surface area contributed by atoms with Crippen molar-refractivity contribution in [2.75, 3.05) is 0 Å². The van der Waals surface area contributed by atoms with Gasteiger partial charge in [0.15, 0.2) is 0 Å². The van der Waals surface area contributed by atoms with Crippen LogP contribution in [0, 0.1) is 12.3 Å². The van der Waals surface area contributed by atoms with Crippen molar-refractivity contribution in [3.8, 4) is 0 Å². The fraction of sp³-hybridized carbons (Fsp3) is 0.571. The van der Waals surface area contributed by atoms with E-state index < -0.39 is 0 Å². The van der Waals surface area contributed by atoms with E-state index in [4.69, 9.17) is 0 Å². The summed E-state index contributed by atoms with van der Waals surface area (Å²) in [6, 6.07) is 4.19. The van der Waals surface area contributed by atoms with Gasteiger partial charge in [-0.2, -0.15) is 0 Å². The zero-order chi connectivity index (χ0) is 11.5. The molecule has 0 bridgehead atoms. The molecule has 15 heavy (non-hydrogen) atoms. The van der Waals surface area contributed by atoms with E-state index in [9.17, 15) is 0 Å². The molecule has 1 aromatic heterocycles. The Hall–Kier alpha value is -0.850. The number of pyridine rings is 1. The fourth-order valence-electron chi connectivity index (χ4n) is 2.51. The molecule has 1 unspecified atom stereocenters. The summed E-state index contributed by atoms with van der Waals surface area (Å²) < 4.78 is 0. The monoisotopic (exact) mass is 204 g/mol. The molecule has 1 nitrogen and oxygen atoms in total. The van der Waals surface area contributed by atoms with Crippen LogP contribution >= 0.6 is 0 Å². The molecule has 1 heterocycles. The molecule has 1 heteroatoms. The highest BCUT2D eigenvalue weighted by Gasteiger charge is 2.40. The quantitative estimate of drug-likeness (QED) is 0.725. The van der Waals surface area contributed by atoms with Crippen LogP contribution in [0.5, 0.6) is 0 Å². The summed E-state index contributed by atoms with van der Waals surface area (Å²) in [4.78, 5) is 4.23. The standard InChI is InChI=1S/C14H22N/c1-6-14(7-2,13(3,4)5)12-9-8-10-15-11-12/h8-11H,1,6-7H2,2-5H3. The van der Waals surface area contributed by atoms with Gasteiger partial charge in [-0.25, -0.2) is 0 Å². The molecule has 0 fully saturated rings. The van der Waals surface area contributed by atoms with E-state index in [0.717, 1.165) is 12.8 Å². The second-order valence-electron chi connectivity index (χ2n) is 5.18. The molecule has 83 valence electrons. The lowest BCUT2D eigenvalue weighted by Crippen LogP contribution is -2.39. The second-order valence-corrected chi connectivity index (χ2v) is 5.18. The molecule has 0 N–H and O–H groups in total. The smallest absolute Gasteiger partial charge is 0.0305 e. The second kappa shape index (κ2) is 4.34. The molecule has 0 saturated carbocycles. The van der Waals surface area contributed by atoms with Crippen molar-refractivity contribution in [3.05, 3.63) is 37.0 Å². The first-order chi connectivity index (χ1) is 6.98. The van der Waals surface area contributed by atoms with Crippen molar-refractivity contribution < 1.29 is 0 Å². The molecule has 1 atom stereocenters. The Kier molecular flexibility index (Phi) is 3.54. The Morgan fingerprint density at radius 3 is 2.33 bits per heavy atom. The van der Waals surface area contributed by atoms with Crippen molar-refractivity contribution >= 4 is 0 Å². The van der Waals surface area contributed by atoms with E-state index in [0.29, 0.717) is 0 Å². The van der Waals surface area contributed by atoms with Crippen LogP contribution in [0.4, 0.5) is 0 Å². The summed E-state index contributed by atoms with van der Waals surface area (Å²) in [6.07, 6.45) is 5.83. The summed E-state index contributed by atoms with van der Waals surface area (Å²) >= 11 is 0. The Morgan fingerprint density at radius 1 is 1.33 bits per heavy atom. The van der Waals surface area contributed by atoms with Gasteiger partial charge in [0.25, 0.3) is 0 Å². The van der Waals surface area contributed by atoms with Gasteiger partial charge in [0, 0.05) is 17.8 Å². The van der Waals surface area contributed by atoms with Crippen molar-refractivity contribution in [2.45, 2.75) is 46.0 Å². The van der Waals surface area contributed by atoms with Crippen LogP contribution in [0.3, 0.4) is 0 Å². The highest BCUT2D eigenvalue weighted by atomic mass is 14.6. The van der Waals surface area contributed by atoms with Crippen LogP contribution in [0.25, 0.3) is 0 Å². The molecule has 0 amide bonds. The van der Waals surface area contributed by atoms with Gasteiger partial charge in [-0.05, 0) is 29.9 Å². The Bertz CT molecular complexity index is 291. The van der Waals surface area contributed by atoms with Gasteiger partial charge in [0.05, 0.1) is 0 Å². The third-order valence-corrected chi connectivity index (χ3v) is 3.68. The molecule has 0 aliphatic carbocycles. The lowest BCUT2D eigenvalue weighted by Gasteiger charge is -2.44. The Labute approximate surface area is 93.9 Å². The van der Waals surface area contributed by atoms with Crippen LogP contribution < -0.4 is 0 Å². The predicted octanol–water partition coefficient (Wildman–Crippen LogP) is 4.00. The third-order valence-electron chi connectivity index (χ3n) is 3.68. The maximum absolute atomic E-state index is 4.23. The van der Waals surface area contributed by atoms with Crippen LogP contribution in [0.1, 0.15) is 46.1 Å². The minimum absolute atomic E-state index is 0.140. The normalized spacial score (nSPS) is 12.9. The number of hydrogen-bond donors (Lipinski definition) is 0. The van der Waals surface area contributed by atoms with Crippen molar-refractivity contribution in [1.29, 1.82) is 0 Å². The molecule has 0 aromatic carbocycles. The van der Waals surface area contributed by atoms with Gasteiger partial charge < -0.3 is 0 Å². The van der Waals surface area contributed by atoms with E-state index >= 15 is 0 Å². The highest BCUT2D eigenvalue weighted by Crippen LogP contribution is 2.46. The molecule has 0 spiro atoms. The summed E-state index contributed by atoms with van der Waals surface area (Å²) in [7, 11) is 0. The van der Waals surface area contributed by atoms with E-state index in [1.807, 2.05) is 18.5 Å². The summed E-state index contributed by atoms with van der Waals surface area (Å²) in [5.74, 6) is 0. The van der Waals surface area contributed by atoms with Crippen molar-refractivity contribution in [2.24, 2.45) is 5.41 Å². The molecule has 1 aromatic rings. The lowest BCUT2D eigenvalue weighted by molar-refractivity contribution is 0.175. The molecular weight excluding hydrogens is 182 g/mol. The van der Waals surface area contributed by atoms with Crippen LogP contribution in [0.15, 0.2) is 24.5 Å². The maximum atomic E-state index is 4.23. The molecule has 0 aliphatic rings. The van der Waals surface area contributed by atoms with Crippen LogP contribution in [0.2, 0.25) is 0 Å². The first-order valence-corrected chi connectivity index (χ1v) is 5.67. The molecule has 0 aliphatic heterocycles. The first kappa shape index (κ1) is 12.2.